The Morgan fingerprint density at radius 1 is 0.862 bits per heavy atom. The molecule has 0 heterocycles. The molecule has 0 spiro atoms. The van der Waals surface area contributed by atoms with E-state index in [1.165, 1.54) is 0 Å². The van der Waals surface area contributed by atoms with Gasteiger partial charge in [-0.25, -0.2) is 0 Å². The first kappa shape index (κ1) is 20.3. The third-order valence-corrected chi connectivity index (χ3v) is 4.68. The van der Waals surface area contributed by atoms with Crippen molar-refractivity contribution >= 4 is 17.5 Å². The third-order valence-electron chi connectivity index (χ3n) is 4.68. The number of nitrogens with one attached hydrogen (secondary N) is 1. The lowest BCUT2D eigenvalue weighted by molar-refractivity contribution is -0.120. The molecule has 0 aliphatic carbocycles. The summed E-state index contributed by atoms with van der Waals surface area (Å²) in [5.41, 5.74) is 4.60. The first-order valence-electron chi connectivity index (χ1n) is 9.85. The van der Waals surface area contributed by atoms with Gasteiger partial charge in [0.2, 0.25) is 5.91 Å². The number of aryl methyl sites for hydroxylation is 1. The molecule has 2 amide bonds. The average Bonchev–Trinajstić information content (AvgIpc) is 2.73. The van der Waals surface area contributed by atoms with Crippen molar-refractivity contribution in [2.24, 2.45) is 0 Å². The summed E-state index contributed by atoms with van der Waals surface area (Å²) >= 11 is 0. The monoisotopic (exact) mass is 386 g/mol. The van der Waals surface area contributed by atoms with Gasteiger partial charge in [0.25, 0.3) is 5.91 Å². The molecule has 0 atom stereocenters. The molecule has 4 nitrogen and oxygen atoms in total. The van der Waals surface area contributed by atoms with Crippen LogP contribution >= 0.6 is 0 Å². The number of amides is 2. The van der Waals surface area contributed by atoms with Crippen LogP contribution in [-0.2, 0) is 17.8 Å². The van der Waals surface area contributed by atoms with Crippen LogP contribution in [-0.4, -0.2) is 18.4 Å². The average molecular weight is 386 g/mol. The summed E-state index contributed by atoms with van der Waals surface area (Å²) in [6.45, 7) is 5.04. The van der Waals surface area contributed by atoms with Gasteiger partial charge in [-0.05, 0) is 49.2 Å². The number of benzene rings is 3. The minimum absolute atomic E-state index is 0.00257. The van der Waals surface area contributed by atoms with Crippen LogP contribution in [0.4, 0.5) is 5.69 Å². The second-order valence-corrected chi connectivity index (χ2v) is 7.04. The van der Waals surface area contributed by atoms with Gasteiger partial charge in [-0.15, -0.1) is 0 Å². The number of nitrogens with zero attached hydrogens (tertiary/aromatic N) is 1. The Morgan fingerprint density at radius 2 is 1.59 bits per heavy atom. The standard InChI is InChI=1S/C25H26N2O2/c1-3-26-24(28)17-20-12-14-23(15-13-20)27(18-21-9-7-8-19(2)16-21)25(29)22-10-5-4-6-11-22/h4-16H,3,17-18H2,1-2H3,(H,26,28). The number of rotatable bonds is 7. The Morgan fingerprint density at radius 3 is 2.24 bits per heavy atom. The lowest BCUT2D eigenvalue weighted by atomic mass is 10.1. The largest absolute Gasteiger partial charge is 0.356 e. The maximum Gasteiger partial charge on any atom is 0.258 e. The molecular weight excluding hydrogens is 360 g/mol. The molecule has 0 fully saturated rings. The fraction of sp³-hybridized carbons (Fsp3) is 0.200. The zero-order chi connectivity index (χ0) is 20.6. The molecule has 4 heteroatoms. The van der Waals surface area contributed by atoms with Crippen molar-refractivity contribution in [2.75, 3.05) is 11.4 Å². The minimum atomic E-state index is -0.0522. The molecule has 148 valence electrons. The Bertz CT molecular complexity index is 966. The lowest BCUT2D eigenvalue weighted by Crippen LogP contribution is -2.30. The predicted octanol–water partition coefficient (Wildman–Crippen LogP) is 4.52. The highest BCUT2D eigenvalue weighted by Crippen LogP contribution is 2.22. The quantitative estimate of drug-likeness (QED) is 0.649. The Hall–Kier alpha value is -3.40. The van der Waals surface area contributed by atoms with E-state index in [0.29, 0.717) is 25.1 Å². The smallest absolute Gasteiger partial charge is 0.258 e. The molecule has 3 aromatic carbocycles. The fourth-order valence-corrected chi connectivity index (χ4v) is 3.25. The molecule has 3 rings (SSSR count). The van der Waals surface area contributed by atoms with E-state index in [1.54, 1.807) is 4.90 Å². The molecule has 0 aromatic heterocycles. The third kappa shape index (κ3) is 5.55. The second kappa shape index (κ2) is 9.69. The predicted molar refractivity (Wildman–Crippen MR) is 117 cm³/mol. The topological polar surface area (TPSA) is 49.4 Å². The molecule has 0 saturated heterocycles. The summed E-state index contributed by atoms with van der Waals surface area (Å²) in [7, 11) is 0. The van der Waals surface area contributed by atoms with E-state index in [4.69, 9.17) is 0 Å². The number of carbonyl (C=O) groups is 2. The summed E-state index contributed by atoms with van der Waals surface area (Å²) in [4.78, 5) is 26.8. The van der Waals surface area contributed by atoms with Gasteiger partial charge >= 0.3 is 0 Å². The van der Waals surface area contributed by atoms with E-state index in [9.17, 15) is 9.59 Å². The van der Waals surface area contributed by atoms with Crippen LogP contribution < -0.4 is 10.2 Å². The Labute approximate surface area is 172 Å². The van der Waals surface area contributed by atoms with Gasteiger partial charge < -0.3 is 10.2 Å². The van der Waals surface area contributed by atoms with Crippen molar-refractivity contribution in [1.29, 1.82) is 0 Å². The highest BCUT2D eigenvalue weighted by atomic mass is 16.2. The number of hydrogen-bond donors (Lipinski definition) is 1. The normalized spacial score (nSPS) is 10.4. The molecule has 0 aliphatic heterocycles. The number of hydrogen-bond acceptors (Lipinski definition) is 2. The van der Waals surface area contributed by atoms with Crippen molar-refractivity contribution in [3.63, 3.8) is 0 Å². The molecule has 1 N–H and O–H groups in total. The SMILES string of the molecule is CCNC(=O)Cc1ccc(N(Cc2cccc(C)c2)C(=O)c2ccccc2)cc1. The Balaban J connectivity index is 1.88. The van der Waals surface area contributed by atoms with Gasteiger partial charge in [0, 0.05) is 17.8 Å². The van der Waals surface area contributed by atoms with E-state index < -0.39 is 0 Å². The summed E-state index contributed by atoms with van der Waals surface area (Å²) in [6, 6.07) is 25.1. The van der Waals surface area contributed by atoms with Crippen LogP contribution in [0.15, 0.2) is 78.9 Å². The van der Waals surface area contributed by atoms with E-state index in [2.05, 4.69) is 11.4 Å². The van der Waals surface area contributed by atoms with E-state index in [1.807, 2.05) is 86.6 Å². The van der Waals surface area contributed by atoms with Gasteiger partial charge in [0.05, 0.1) is 13.0 Å². The summed E-state index contributed by atoms with van der Waals surface area (Å²) in [5, 5.41) is 2.81. The maximum absolute atomic E-state index is 13.2. The van der Waals surface area contributed by atoms with Crippen LogP contribution in [0.2, 0.25) is 0 Å². The highest BCUT2D eigenvalue weighted by molar-refractivity contribution is 6.06. The van der Waals surface area contributed by atoms with E-state index >= 15 is 0 Å². The fourth-order valence-electron chi connectivity index (χ4n) is 3.25. The molecular formula is C25H26N2O2. The molecule has 0 unspecified atom stereocenters. The van der Waals surface area contributed by atoms with Crippen molar-refractivity contribution in [3.05, 3.63) is 101 Å². The number of likely N-dealkylation sites (N-methyl/N-ethyl adjacent to an activating group) is 1. The van der Waals surface area contributed by atoms with Gasteiger partial charge in [0.1, 0.15) is 0 Å². The van der Waals surface area contributed by atoms with Gasteiger partial charge in [0.15, 0.2) is 0 Å². The molecule has 29 heavy (non-hydrogen) atoms. The lowest BCUT2D eigenvalue weighted by Gasteiger charge is -2.24. The van der Waals surface area contributed by atoms with Gasteiger partial charge in [-0.3, -0.25) is 9.59 Å². The van der Waals surface area contributed by atoms with E-state index in [0.717, 1.165) is 22.4 Å². The van der Waals surface area contributed by atoms with Crippen molar-refractivity contribution in [3.8, 4) is 0 Å². The zero-order valence-electron chi connectivity index (χ0n) is 16.9. The Kier molecular flexibility index (Phi) is 6.80. The zero-order valence-corrected chi connectivity index (χ0v) is 16.9. The van der Waals surface area contributed by atoms with Gasteiger partial charge in [-0.1, -0.05) is 60.2 Å². The molecule has 0 saturated carbocycles. The molecule has 0 aliphatic rings. The minimum Gasteiger partial charge on any atom is -0.356 e. The number of carbonyl (C=O) groups excluding carboxylic acids is 2. The summed E-state index contributed by atoms with van der Waals surface area (Å²) in [5.74, 6) is -0.0548. The molecule has 0 bridgehead atoms. The van der Waals surface area contributed by atoms with Crippen LogP contribution in [0.25, 0.3) is 0 Å². The molecule has 0 radical (unpaired) electrons. The molecule has 3 aromatic rings. The van der Waals surface area contributed by atoms with Crippen LogP contribution in [0.3, 0.4) is 0 Å². The second-order valence-electron chi connectivity index (χ2n) is 7.04. The first-order valence-corrected chi connectivity index (χ1v) is 9.85. The summed E-state index contributed by atoms with van der Waals surface area (Å²) in [6.07, 6.45) is 0.332. The highest BCUT2D eigenvalue weighted by Gasteiger charge is 2.18. The van der Waals surface area contributed by atoms with Gasteiger partial charge in [-0.2, -0.15) is 0 Å². The number of anilines is 1. The van der Waals surface area contributed by atoms with Crippen molar-refractivity contribution in [1.82, 2.24) is 5.32 Å². The first-order chi connectivity index (χ1) is 14.1. The van der Waals surface area contributed by atoms with Crippen molar-refractivity contribution < 1.29 is 9.59 Å². The van der Waals surface area contributed by atoms with Crippen molar-refractivity contribution in [2.45, 2.75) is 26.8 Å². The van der Waals surface area contributed by atoms with E-state index in [-0.39, 0.29) is 11.8 Å². The summed E-state index contributed by atoms with van der Waals surface area (Å²) < 4.78 is 0. The van der Waals surface area contributed by atoms with Crippen LogP contribution in [0.5, 0.6) is 0 Å². The van der Waals surface area contributed by atoms with Crippen LogP contribution in [0.1, 0.15) is 34.0 Å². The van der Waals surface area contributed by atoms with Crippen LogP contribution in [0, 0.1) is 6.92 Å². The maximum atomic E-state index is 13.2.